The molecule has 3 rings (SSSR count). The second kappa shape index (κ2) is 8.81. The Kier molecular flexibility index (Phi) is 6.23. The Balaban J connectivity index is 1.95. The van der Waals surface area contributed by atoms with Gasteiger partial charge in [-0.3, -0.25) is 4.79 Å². The topological polar surface area (TPSA) is 59.3 Å². The number of nitrogens with one attached hydrogen (secondary N) is 1. The second-order valence-electron chi connectivity index (χ2n) is 6.90. The highest BCUT2D eigenvalue weighted by Crippen LogP contribution is 2.28. The lowest BCUT2D eigenvalue weighted by atomic mass is 9.86. The van der Waals surface area contributed by atoms with Gasteiger partial charge < -0.3 is 15.4 Å². The Morgan fingerprint density at radius 1 is 1.27 bits per heavy atom. The minimum atomic E-state index is 0.0696. The van der Waals surface area contributed by atoms with Crippen molar-refractivity contribution in [1.29, 1.82) is 0 Å². The molecule has 26 heavy (non-hydrogen) atoms. The smallest absolute Gasteiger partial charge is 0.226 e. The molecule has 0 saturated carbocycles. The zero-order valence-electron chi connectivity index (χ0n) is 15.3. The Morgan fingerprint density at radius 2 is 2.00 bits per heavy atom. The molecule has 5 heteroatoms. The monoisotopic (exact) mass is 353 g/mol. The summed E-state index contributed by atoms with van der Waals surface area (Å²) in [6.45, 7) is 3.87. The lowest BCUT2D eigenvalue weighted by molar-refractivity contribution is -0.605. The third kappa shape index (κ3) is 4.41. The summed E-state index contributed by atoms with van der Waals surface area (Å²) < 4.78 is 0.798. The van der Waals surface area contributed by atoms with Gasteiger partial charge in [-0.25, -0.2) is 0 Å². The van der Waals surface area contributed by atoms with Crippen LogP contribution < -0.4 is 14.9 Å². The van der Waals surface area contributed by atoms with E-state index in [9.17, 15) is 10.0 Å². The highest BCUT2D eigenvalue weighted by molar-refractivity contribution is 5.93. The number of anilines is 1. The van der Waals surface area contributed by atoms with Gasteiger partial charge >= 0.3 is 0 Å². The van der Waals surface area contributed by atoms with Crippen LogP contribution >= 0.6 is 0 Å². The molecule has 5 nitrogen and oxygen atoms in total. The molecule has 1 fully saturated rings. The summed E-state index contributed by atoms with van der Waals surface area (Å²) in [6, 6.07) is 13.7. The van der Waals surface area contributed by atoms with E-state index >= 15 is 0 Å². The van der Waals surface area contributed by atoms with Crippen molar-refractivity contribution in [3.8, 4) is 0 Å². The van der Waals surface area contributed by atoms with E-state index < -0.39 is 0 Å². The van der Waals surface area contributed by atoms with Gasteiger partial charge in [0.2, 0.25) is 5.91 Å². The molecular formula is C21H27N3O2. The van der Waals surface area contributed by atoms with Gasteiger partial charge in [0, 0.05) is 30.3 Å². The minimum Gasteiger partial charge on any atom is -0.619 e. The molecule has 2 aromatic rings. The van der Waals surface area contributed by atoms with Crippen LogP contribution in [0, 0.1) is 11.1 Å². The van der Waals surface area contributed by atoms with Crippen molar-refractivity contribution < 1.29 is 9.52 Å². The Labute approximate surface area is 155 Å². The number of rotatable bonds is 6. The van der Waals surface area contributed by atoms with E-state index in [1.807, 2.05) is 54.3 Å². The van der Waals surface area contributed by atoms with Crippen molar-refractivity contribution in [2.24, 2.45) is 5.92 Å². The van der Waals surface area contributed by atoms with Crippen molar-refractivity contribution in [2.45, 2.75) is 38.6 Å². The number of piperidine rings is 1. The highest BCUT2D eigenvalue weighted by Gasteiger charge is 2.32. The number of benzene rings is 1. The van der Waals surface area contributed by atoms with Crippen molar-refractivity contribution in [1.82, 2.24) is 5.32 Å². The average Bonchev–Trinajstić information content (AvgIpc) is 2.70. The maximum absolute atomic E-state index is 12.9. The van der Waals surface area contributed by atoms with Gasteiger partial charge in [0.15, 0.2) is 12.4 Å². The van der Waals surface area contributed by atoms with Crippen LogP contribution in [-0.4, -0.2) is 25.0 Å². The van der Waals surface area contributed by atoms with Gasteiger partial charge in [-0.15, -0.1) is 0 Å². The van der Waals surface area contributed by atoms with Crippen LogP contribution in [0.15, 0.2) is 54.9 Å². The summed E-state index contributed by atoms with van der Waals surface area (Å²) >= 11 is 0. The third-order valence-corrected chi connectivity index (χ3v) is 5.13. The molecule has 1 aromatic carbocycles. The second-order valence-corrected chi connectivity index (χ2v) is 6.90. The number of carbonyl (C=O) groups is 1. The molecule has 0 spiro atoms. The summed E-state index contributed by atoms with van der Waals surface area (Å²) in [6.07, 6.45) is 6.50. The summed E-state index contributed by atoms with van der Waals surface area (Å²) in [5.74, 6) is 0.528. The predicted octanol–water partition coefficient (Wildman–Crippen LogP) is 2.67. The SMILES string of the molecule is CCC(=O)N(c1ccccc1)C(Cc1cc[n+]([O-])cc1)C1CCCNC1. The number of carbonyl (C=O) groups excluding carboxylic acids is 1. The average molecular weight is 353 g/mol. The Bertz CT molecular complexity index is 697. The zero-order chi connectivity index (χ0) is 18.4. The van der Waals surface area contributed by atoms with Crippen LogP contribution in [-0.2, 0) is 11.2 Å². The van der Waals surface area contributed by atoms with E-state index in [1.54, 1.807) is 0 Å². The lowest BCUT2D eigenvalue weighted by Crippen LogP contribution is -2.50. The van der Waals surface area contributed by atoms with E-state index in [-0.39, 0.29) is 11.9 Å². The summed E-state index contributed by atoms with van der Waals surface area (Å²) in [5.41, 5.74) is 2.03. The van der Waals surface area contributed by atoms with Crippen LogP contribution in [0.25, 0.3) is 0 Å². The van der Waals surface area contributed by atoms with Gasteiger partial charge in [0.25, 0.3) is 0 Å². The molecule has 0 radical (unpaired) electrons. The lowest BCUT2D eigenvalue weighted by Gasteiger charge is -2.39. The number of hydrogen-bond acceptors (Lipinski definition) is 3. The predicted molar refractivity (Wildman–Crippen MR) is 103 cm³/mol. The van der Waals surface area contributed by atoms with Gasteiger partial charge in [0.1, 0.15) is 0 Å². The number of amides is 1. The third-order valence-electron chi connectivity index (χ3n) is 5.13. The van der Waals surface area contributed by atoms with Crippen molar-refractivity contribution in [2.75, 3.05) is 18.0 Å². The summed E-state index contributed by atoms with van der Waals surface area (Å²) in [4.78, 5) is 14.9. The normalized spacial score (nSPS) is 18.3. The molecule has 1 aromatic heterocycles. The fraction of sp³-hybridized carbons (Fsp3) is 0.429. The largest absolute Gasteiger partial charge is 0.619 e. The van der Waals surface area contributed by atoms with E-state index in [2.05, 4.69) is 5.32 Å². The molecule has 2 heterocycles. The van der Waals surface area contributed by atoms with Crippen molar-refractivity contribution in [3.05, 3.63) is 65.6 Å². The Morgan fingerprint density at radius 3 is 2.62 bits per heavy atom. The van der Waals surface area contributed by atoms with E-state index in [4.69, 9.17) is 0 Å². The molecule has 1 aliphatic heterocycles. The van der Waals surface area contributed by atoms with Gasteiger partial charge in [0.05, 0.1) is 0 Å². The van der Waals surface area contributed by atoms with Crippen LogP contribution in [0.2, 0.25) is 0 Å². The molecule has 2 atom stereocenters. The van der Waals surface area contributed by atoms with Gasteiger partial charge in [-0.05, 0) is 56.0 Å². The van der Waals surface area contributed by atoms with Crippen LogP contribution in [0.4, 0.5) is 5.69 Å². The standard InChI is InChI=1S/C21H27N3O2/c1-2-21(25)24(19-8-4-3-5-9-19)20(18-7-6-12-22-16-18)15-17-10-13-23(26)14-11-17/h3-5,8-11,13-14,18,20,22H,2,6-7,12,15-16H2,1H3. The fourth-order valence-electron chi connectivity index (χ4n) is 3.78. The number of hydrogen-bond donors (Lipinski definition) is 1. The van der Waals surface area contributed by atoms with Crippen LogP contribution in [0.1, 0.15) is 31.7 Å². The number of aromatic nitrogens is 1. The molecule has 1 amide bonds. The number of para-hydroxylation sites is 1. The summed E-state index contributed by atoms with van der Waals surface area (Å²) in [7, 11) is 0. The van der Waals surface area contributed by atoms with Crippen LogP contribution in [0.5, 0.6) is 0 Å². The number of nitrogens with zero attached hydrogens (tertiary/aromatic N) is 2. The van der Waals surface area contributed by atoms with Crippen molar-refractivity contribution in [3.63, 3.8) is 0 Å². The minimum absolute atomic E-state index is 0.0696. The first kappa shape index (κ1) is 18.4. The molecule has 0 bridgehead atoms. The maximum atomic E-state index is 12.9. The van der Waals surface area contributed by atoms with Crippen molar-refractivity contribution >= 4 is 11.6 Å². The van der Waals surface area contributed by atoms with Crippen LogP contribution in [0.3, 0.4) is 0 Å². The van der Waals surface area contributed by atoms with E-state index in [1.165, 1.54) is 12.4 Å². The first-order valence-electron chi connectivity index (χ1n) is 9.44. The molecule has 2 unspecified atom stereocenters. The zero-order valence-corrected chi connectivity index (χ0v) is 15.3. The molecule has 1 saturated heterocycles. The molecular weight excluding hydrogens is 326 g/mol. The fourth-order valence-corrected chi connectivity index (χ4v) is 3.78. The molecule has 0 aliphatic carbocycles. The molecule has 1 N–H and O–H groups in total. The molecule has 1 aliphatic rings. The van der Waals surface area contributed by atoms with E-state index in [0.29, 0.717) is 12.3 Å². The highest BCUT2D eigenvalue weighted by atomic mass is 16.5. The number of pyridine rings is 1. The first-order valence-corrected chi connectivity index (χ1v) is 9.44. The van der Waals surface area contributed by atoms with E-state index in [0.717, 1.165) is 48.3 Å². The first-order chi connectivity index (χ1) is 12.7. The van der Waals surface area contributed by atoms with Gasteiger partial charge in [-0.2, -0.15) is 4.73 Å². The maximum Gasteiger partial charge on any atom is 0.226 e. The Hall–Kier alpha value is -2.40. The van der Waals surface area contributed by atoms with Gasteiger partial charge in [-0.1, -0.05) is 25.1 Å². The quantitative estimate of drug-likeness (QED) is 0.642. The molecule has 138 valence electrons. The summed E-state index contributed by atoms with van der Waals surface area (Å²) in [5, 5.41) is 14.8.